The minimum absolute atomic E-state index is 0.316. The second kappa shape index (κ2) is 2.16. The van der Waals surface area contributed by atoms with Crippen LogP contribution in [-0.4, -0.2) is 5.11 Å². The first-order chi connectivity index (χ1) is 7.34. The fourth-order valence-corrected chi connectivity index (χ4v) is 2.38. The number of fused-ring (bicyclic) bond motifs is 1. The Labute approximate surface area is 85.7 Å². The number of hydrogen-bond acceptors (Lipinski definition) is 2. The van der Waals surface area contributed by atoms with Gasteiger partial charge in [-0.25, -0.2) is 0 Å². The minimum atomic E-state index is 0.316. The maximum Gasteiger partial charge on any atom is 0.177 e. The molecule has 15 heavy (non-hydrogen) atoms. The van der Waals surface area contributed by atoms with Crippen LogP contribution in [0.1, 0.15) is 11.1 Å². The second-order valence-corrected chi connectivity index (χ2v) is 4.02. The van der Waals surface area contributed by atoms with Crippen molar-refractivity contribution in [3.63, 3.8) is 0 Å². The molecule has 0 atom stereocenters. The third-order valence-corrected chi connectivity index (χ3v) is 3.17. The molecule has 2 nitrogen and oxygen atoms in total. The molecule has 3 aromatic rings. The normalized spacial score (nSPS) is 13.3. The van der Waals surface area contributed by atoms with E-state index < -0.39 is 0 Å². The number of para-hydroxylation sites is 1. The van der Waals surface area contributed by atoms with Crippen LogP contribution in [0.2, 0.25) is 0 Å². The summed E-state index contributed by atoms with van der Waals surface area (Å²) in [5, 5.41) is 12.1. The fraction of sp³-hybridized carbons (Fsp3) is 0.0769. The van der Waals surface area contributed by atoms with Crippen LogP contribution in [0.4, 0.5) is 0 Å². The summed E-state index contributed by atoms with van der Waals surface area (Å²) >= 11 is 0. The van der Waals surface area contributed by atoms with Crippen LogP contribution in [0.3, 0.4) is 0 Å². The Morgan fingerprint density at radius 3 is 2.80 bits per heavy atom. The van der Waals surface area contributed by atoms with Crippen LogP contribution in [0.5, 0.6) is 5.75 Å². The zero-order valence-electron chi connectivity index (χ0n) is 7.95. The van der Waals surface area contributed by atoms with Gasteiger partial charge in [-0.15, -0.1) is 0 Å². The Kier molecular flexibility index (Phi) is 1.06. The monoisotopic (exact) mass is 196 g/mol. The summed E-state index contributed by atoms with van der Waals surface area (Å²) in [6.07, 6.45) is 0.877. The summed E-state index contributed by atoms with van der Waals surface area (Å²) < 4.78 is 5.65. The Morgan fingerprint density at radius 1 is 1.13 bits per heavy atom. The molecule has 5 rings (SSSR count). The van der Waals surface area contributed by atoms with E-state index in [0.717, 1.165) is 28.3 Å². The van der Waals surface area contributed by atoms with E-state index >= 15 is 0 Å². The van der Waals surface area contributed by atoms with Crippen LogP contribution >= 0.6 is 0 Å². The summed E-state index contributed by atoms with van der Waals surface area (Å²) in [5.74, 6) is 0.316. The summed E-state index contributed by atoms with van der Waals surface area (Å²) in [7, 11) is 0. The van der Waals surface area contributed by atoms with Crippen molar-refractivity contribution in [2.75, 3.05) is 0 Å². The van der Waals surface area contributed by atoms with Gasteiger partial charge in [0.05, 0.1) is 0 Å². The average Bonchev–Trinajstić information content (AvgIpc) is 2.56. The van der Waals surface area contributed by atoms with E-state index in [9.17, 15) is 5.11 Å². The van der Waals surface area contributed by atoms with E-state index in [4.69, 9.17) is 4.42 Å². The third kappa shape index (κ3) is 0.721. The third-order valence-electron chi connectivity index (χ3n) is 3.17. The number of phenols is 1. The molecule has 2 aromatic carbocycles. The van der Waals surface area contributed by atoms with Crippen molar-refractivity contribution < 1.29 is 9.52 Å². The van der Waals surface area contributed by atoms with E-state index in [1.807, 2.05) is 30.3 Å². The van der Waals surface area contributed by atoms with Crippen molar-refractivity contribution >= 4 is 21.9 Å². The molecule has 2 aliphatic rings. The first-order valence-corrected chi connectivity index (χ1v) is 4.99. The smallest absolute Gasteiger partial charge is 0.177 e. The van der Waals surface area contributed by atoms with Crippen molar-refractivity contribution in [1.29, 1.82) is 0 Å². The predicted octanol–water partition coefficient (Wildman–Crippen LogP) is 3.20. The summed E-state index contributed by atoms with van der Waals surface area (Å²) in [5.41, 5.74) is 3.78. The lowest BCUT2D eigenvalue weighted by molar-refractivity contribution is 0.460. The van der Waals surface area contributed by atoms with Gasteiger partial charge in [-0.1, -0.05) is 24.3 Å². The van der Waals surface area contributed by atoms with Gasteiger partial charge in [0.1, 0.15) is 5.58 Å². The van der Waals surface area contributed by atoms with E-state index in [1.54, 1.807) is 0 Å². The SMILES string of the molecule is Oc1c2cc(c3c1oc1ccccc13)C2. The molecule has 2 aliphatic carbocycles. The van der Waals surface area contributed by atoms with Gasteiger partial charge in [-0.3, -0.25) is 0 Å². The summed E-state index contributed by atoms with van der Waals surface area (Å²) in [6, 6.07) is 9.95. The summed E-state index contributed by atoms with van der Waals surface area (Å²) in [4.78, 5) is 0. The molecule has 1 aromatic heterocycles. The molecule has 2 bridgehead atoms. The van der Waals surface area contributed by atoms with Crippen molar-refractivity contribution in [2.24, 2.45) is 0 Å². The highest BCUT2D eigenvalue weighted by atomic mass is 16.4. The Hall–Kier alpha value is -1.96. The van der Waals surface area contributed by atoms with E-state index in [0.29, 0.717) is 11.3 Å². The first-order valence-electron chi connectivity index (χ1n) is 4.99. The average molecular weight is 196 g/mol. The van der Waals surface area contributed by atoms with Gasteiger partial charge < -0.3 is 9.52 Å². The molecular formula is C13H8O2. The first kappa shape index (κ1) is 7.35. The molecule has 1 heterocycles. The molecule has 0 fully saturated rings. The number of phenolic OH excluding ortho intramolecular Hbond substituents is 1. The molecule has 0 spiro atoms. The minimum Gasteiger partial charge on any atom is -0.504 e. The van der Waals surface area contributed by atoms with Crippen LogP contribution in [-0.2, 0) is 6.42 Å². The molecule has 0 aliphatic heterocycles. The lowest BCUT2D eigenvalue weighted by atomic mass is 9.88. The lowest BCUT2D eigenvalue weighted by Gasteiger charge is -2.17. The van der Waals surface area contributed by atoms with E-state index in [2.05, 4.69) is 0 Å². The number of furan rings is 1. The van der Waals surface area contributed by atoms with Gasteiger partial charge in [0.15, 0.2) is 11.3 Å². The van der Waals surface area contributed by atoms with Gasteiger partial charge in [-0.05, 0) is 11.6 Å². The van der Waals surface area contributed by atoms with Crippen molar-refractivity contribution in [2.45, 2.75) is 6.42 Å². The van der Waals surface area contributed by atoms with Crippen molar-refractivity contribution in [1.82, 2.24) is 0 Å². The topological polar surface area (TPSA) is 33.4 Å². The largest absolute Gasteiger partial charge is 0.504 e. The van der Waals surface area contributed by atoms with Gasteiger partial charge >= 0.3 is 0 Å². The molecule has 0 radical (unpaired) electrons. The Morgan fingerprint density at radius 2 is 1.93 bits per heavy atom. The number of benzene rings is 2. The highest BCUT2D eigenvalue weighted by molar-refractivity contribution is 6.10. The molecule has 0 unspecified atom stereocenters. The quantitative estimate of drug-likeness (QED) is 0.468. The second-order valence-electron chi connectivity index (χ2n) is 4.02. The highest BCUT2D eigenvalue weighted by Gasteiger charge is 2.24. The van der Waals surface area contributed by atoms with E-state index in [-0.39, 0.29) is 0 Å². The molecule has 0 saturated heterocycles. The molecule has 2 heteroatoms. The van der Waals surface area contributed by atoms with E-state index in [1.165, 1.54) is 5.56 Å². The highest BCUT2D eigenvalue weighted by Crippen LogP contribution is 2.44. The fourth-order valence-electron chi connectivity index (χ4n) is 2.38. The number of aromatic hydroxyl groups is 1. The van der Waals surface area contributed by atoms with Crippen molar-refractivity contribution in [3.05, 3.63) is 41.5 Å². The van der Waals surface area contributed by atoms with Crippen LogP contribution in [0, 0.1) is 0 Å². The van der Waals surface area contributed by atoms with Crippen LogP contribution < -0.4 is 0 Å². The molecule has 72 valence electrons. The van der Waals surface area contributed by atoms with Gasteiger partial charge in [0.2, 0.25) is 0 Å². The Balaban J connectivity index is 2.38. The number of hydrogen-bond donors (Lipinski definition) is 1. The van der Waals surface area contributed by atoms with Crippen molar-refractivity contribution in [3.8, 4) is 5.75 Å². The molecule has 0 saturated carbocycles. The summed E-state index contributed by atoms with van der Waals surface area (Å²) in [6.45, 7) is 0. The number of rotatable bonds is 0. The zero-order chi connectivity index (χ0) is 9.99. The van der Waals surface area contributed by atoms with Crippen LogP contribution in [0.15, 0.2) is 34.7 Å². The van der Waals surface area contributed by atoms with Gasteiger partial charge in [-0.2, -0.15) is 0 Å². The molecular weight excluding hydrogens is 188 g/mol. The maximum atomic E-state index is 9.91. The van der Waals surface area contributed by atoms with Crippen LogP contribution in [0.25, 0.3) is 21.9 Å². The Bertz CT molecular complexity index is 707. The maximum absolute atomic E-state index is 9.91. The molecule has 0 amide bonds. The van der Waals surface area contributed by atoms with Gasteiger partial charge in [0, 0.05) is 22.8 Å². The van der Waals surface area contributed by atoms with Gasteiger partial charge in [0.25, 0.3) is 0 Å². The predicted molar refractivity (Wildman–Crippen MR) is 58.2 cm³/mol. The zero-order valence-corrected chi connectivity index (χ0v) is 7.95. The molecule has 1 N–H and O–H groups in total. The lowest BCUT2D eigenvalue weighted by Crippen LogP contribution is -2.01. The standard InChI is InChI=1S/C13H8O2/c14-12-8-5-7(6-8)11-9-3-1-2-4-10(9)15-13(11)12/h1-5,14H,6H2.